The van der Waals surface area contributed by atoms with E-state index in [1.165, 1.54) is 46.5 Å². The van der Waals surface area contributed by atoms with Crippen molar-refractivity contribution in [3.05, 3.63) is 51.7 Å². The quantitative estimate of drug-likeness (QED) is 0.614. The Hall–Kier alpha value is -2.24. The maximum atomic E-state index is 12.4. The zero-order valence-corrected chi connectivity index (χ0v) is 16.9. The third-order valence-corrected chi connectivity index (χ3v) is 6.56. The average Bonchev–Trinajstić information content (AvgIpc) is 3.15. The number of sulfonamides is 1. The van der Waals surface area contributed by atoms with Crippen LogP contribution in [0.4, 0.5) is 10.8 Å². The van der Waals surface area contributed by atoms with Crippen molar-refractivity contribution >= 4 is 54.0 Å². The number of carbonyl (C=O) groups is 1. The molecule has 0 saturated heterocycles. The molecule has 0 aliphatic carbocycles. The number of benzene rings is 1. The third-order valence-electron chi connectivity index (χ3n) is 3.44. The van der Waals surface area contributed by atoms with Crippen LogP contribution in [0.3, 0.4) is 0 Å². The highest BCUT2D eigenvalue weighted by Crippen LogP contribution is 2.23. The van der Waals surface area contributed by atoms with E-state index in [4.69, 9.17) is 0 Å². The number of thiazole rings is 1. The van der Waals surface area contributed by atoms with Crippen molar-refractivity contribution in [3.63, 3.8) is 0 Å². The van der Waals surface area contributed by atoms with Gasteiger partial charge in [-0.15, -0.1) is 11.3 Å². The molecule has 136 valence electrons. The fourth-order valence-corrected chi connectivity index (χ4v) is 4.54. The predicted molar refractivity (Wildman–Crippen MR) is 103 cm³/mol. The Morgan fingerprint density at radius 1 is 1.27 bits per heavy atom. The maximum Gasteiger partial charge on any atom is 0.275 e. The van der Waals surface area contributed by atoms with Crippen molar-refractivity contribution in [3.8, 4) is 0 Å². The average molecular weight is 456 g/mol. The number of aryl methyl sites for hydroxylation is 2. The van der Waals surface area contributed by atoms with Gasteiger partial charge in [0.1, 0.15) is 5.69 Å². The molecule has 2 N–H and O–H groups in total. The zero-order chi connectivity index (χ0) is 18.9. The molecular weight excluding hydrogens is 442 g/mol. The van der Waals surface area contributed by atoms with Crippen LogP contribution in [0.25, 0.3) is 0 Å². The monoisotopic (exact) mass is 455 g/mol. The summed E-state index contributed by atoms with van der Waals surface area (Å²) < 4.78 is 29.1. The second-order valence-electron chi connectivity index (χ2n) is 5.29. The fourth-order valence-electron chi connectivity index (χ4n) is 2.23. The van der Waals surface area contributed by atoms with Gasteiger partial charge in [-0.1, -0.05) is 0 Å². The van der Waals surface area contributed by atoms with E-state index < -0.39 is 10.0 Å². The number of rotatable bonds is 5. The molecule has 8 nitrogen and oxygen atoms in total. The van der Waals surface area contributed by atoms with Gasteiger partial charge in [-0.2, -0.15) is 5.10 Å². The van der Waals surface area contributed by atoms with Crippen LogP contribution in [-0.2, 0) is 17.1 Å². The maximum absolute atomic E-state index is 12.4. The number of nitrogens with one attached hydrogen (secondary N) is 2. The number of nitrogens with zero attached hydrogens (tertiary/aromatic N) is 3. The molecule has 11 heteroatoms. The second-order valence-corrected chi connectivity index (χ2v) is 8.66. The van der Waals surface area contributed by atoms with E-state index in [9.17, 15) is 13.2 Å². The van der Waals surface area contributed by atoms with Gasteiger partial charge < -0.3 is 5.32 Å². The van der Waals surface area contributed by atoms with Crippen molar-refractivity contribution in [1.29, 1.82) is 0 Å². The first-order chi connectivity index (χ1) is 12.3. The molecule has 1 aromatic carbocycles. The van der Waals surface area contributed by atoms with Gasteiger partial charge >= 0.3 is 0 Å². The lowest BCUT2D eigenvalue weighted by atomic mass is 10.3. The smallest absolute Gasteiger partial charge is 0.275 e. The number of aromatic nitrogens is 3. The van der Waals surface area contributed by atoms with E-state index in [0.29, 0.717) is 26.7 Å². The van der Waals surface area contributed by atoms with Crippen LogP contribution in [0.5, 0.6) is 0 Å². The Labute approximate surface area is 162 Å². The molecule has 0 radical (unpaired) electrons. The molecule has 3 aromatic rings. The summed E-state index contributed by atoms with van der Waals surface area (Å²) in [5.74, 6) is -0.350. The SMILES string of the molecule is Cc1nn(C)c(C(=O)Nc2ccc(S(=O)(=O)Nc3nccs3)cc2)c1Br. The highest BCUT2D eigenvalue weighted by atomic mass is 79.9. The van der Waals surface area contributed by atoms with E-state index in [1.807, 2.05) is 0 Å². The lowest BCUT2D eigenvalue weighted by Crippen LogP contribution is -2.17. The minimum Gasteiger partial charge on any atom is -0.321 e. The van der Waals surface area contributed by atoms with Crippen LogP contribution < -0.4 is 10.0 Å². The molecular formula is C15H14BrN5O3S2. The van der Waals surface area contributed by atoms with E-state index in [0.717, 1.165) is 0 Å². The number of carbonyl (C=O) groups excluding carboxylic acids is 1. The number of halogens is 1. The van der Waals surface area contributed by atoms with Crippen LogP contribution in [0.15, 0.2) is 45.2 Å². The minimum atomic E-state index is -3.73. The Morgan fingerprint density at radius 2 is 1.96 bits per heavy atom. The lowest BCUT2D eigenvalue weighted by molar-refractivity contribution is 0.101. The van der Waals surface area contributed by atoms with Crippen LogP contribution >= 0.6 is 27.3 Å². The molecule has 0 saturated carbocycles. The number of anilines is 2. The molecule has 26 heavy (non-hydrogen) atoms. The van der Waals surface area contributed by atoms with Gasteiger partial charge in [-0.25, -0.2) is 13.4 Å². The van der Waals surface area contributed by atoms with E-state index in [2.05, 4.69) is 36.1 Å². The van der Waals surface area contributed by atoms with Gasteiger partial charge in [-0.3, -0.25) is 14.2 Å². The zero-order valence-electron chi connectivity index (χ0n) is 13.7. The highest BCUT2D eigenvalue weighted by molar-refractivity contribution is 9.10. The van der Waals surface area contributed by atoms with Crippen LogP contribution in [-0.4, -0.2) is 29.1 Å². The van der Waals surface area contributed by atoms with Gasteiger partial charge in [0.25, 0.3) is 15.9 Å². The van der Waals surface area contributed by atoms with Gasteiger partial charge in [0.15, 0.2) is 5.13 Å². The molecule has 3 rings (SSSR count). The summed E-state index contributed by atoms with van der Waals surface area (Å²) >= 11 is 4.53. The van der Waals surface area contributed by atoms with E-state index >= 15 is 0 Å². The molecule has 0 aliphatic rings. The first-order valence-corrected chi connectivity index (χ1v) is 10.5. The van der Waals surface area contributed by atoms with Crippen LogP contribution in [0.1, 0.15) is 16.2 Å². The topological polar surface area (TPSA) is 106 Å². The summed E-state index contributed by atoms with van der Waals surface area (Å²) in [5, 5.41) is 8.86. The summed E-state index contributed by atoms with van der Waals surface area (Å²) in [6, 6.07) is 5.86. The van der Waals surface area contributed by atoms with Crippen LogP contribution in [0.2, 0.25) is 0 Å². The number of hydrogen-bond donors (Lipinski definition) is 2. The summed E-state index contributed by atoms with van der Waals surface area (Å²) in [6.45, 7) is 1.79. The number of hydrogen-bond acceptors (Lipinski definition) is 6. The first kappa shape index (κ1) is 18.5. The second kappa shape index (κ2) is 7.17. The van der Waals surface area contributed by atoms with Crippen LogP contribution in [0, 0.1) is 6.92 Å². The number of amides is 1. The molecule has 0 fully saturated rings. The Balaban J connectivity index is 1.76. The molecule has 0 atom stereocenters. The molecule has 2 heterocycles. The van der Waals surface area contributed by atoms with Crippen molar-refractivity contribution in [2.75, 3.05) is 10.0 Å². The van der Waals surface area contributed by atoms with Crippen molar-refractivity contribution in [2.24, 2.45) is 7.05 Å². The minimum absolute atomic E-state index is 0.0725. The fraction of sp³-hybridized carbons (Fsp3) is 0.133. The summed E-state index contributed by atoms with van der Waals surface area (Å²) in [6.07, 6.45) is 1.51. The Bertz CT molecular complexity index is 1040. The van der Waals surface area contributed by atoms with Gasteiger partial charge in [0.2, 0.25) is 0 Å². The van der Waals surface area contributed by atoms with Crippen molar-refractivity contribution in [2.45, 2.75) is 11.8 Å². The van der Waals surface area contributed by atoms with Crippen molar-refractivity contribution < 1.29 is 13.2 Å². The third kappa shape index (κ3) is 3.79. The van der Waals surface area contributed by atoms with Crippen molar-refractivity contribution in [1.82, 2.24) is 14.8 Å². The van der Waals surface area contributed by atoms with Gasteiger partial charge in [0, 0.05) is 24.3 Å². The Kier molecular flexibility index (Phi) is 5.12. The largest absolute Gasteiger partial charge is 0.321 e. The normalized spacial score (nSPS) is 11.3. The predicted octanol–water partition coefficient (Wildman–Crippen LogP) is 3.00. The molecule has 0 spiro atoms. The molecule has 0 unspecified atom stereocenters. The highest BCUT2D eigenvalue weighted by Gasteiger charge is 2.19. The molecule has 1 amide bonds. The molecule has 2 aromatic heterocycles. The Morgan fingerprint density at radius 3 is 2.50 bits per heavy atom. The van der Waals surface area contributed by atoms with E-state index in [1.54, 1.807) is 19.4 Å². The lowest BCUT2D eigenvalue weighted by Gasteiger charge is -2.08. The standard InChI is InChI=1S/C15H14BrN5O3S2/c1-9-12(16)13(21(2)19-9)14(22)18-10-3-5-11(6-4-10)26(23,24)20-15-17-7-8-25-15/h3-8H,1-2H3,(H,17,20)(H,18,22). The first-order valence-electron chi connectivity index (χ1n) is 7.31. The summed E-state index contributed by atoms with van der Waals surface area (Å²) in [5.41, 5.74) is 1.55. The summed E-state index contributed by atoms with van der Waals surface area (Å²) in [4.78, 5) is 16.4. The van der Waals surface area contributed by atoms with Gasteiger partial charge in [0.05, 0.1) is 15.1 Å². The molecule has 0 bridgehead atoms. The molecule has 0 aliphatic heterocycles. The summed E-state index contributed by atoms with van der Waals surface area (Å²) in [7, 11) is -2.05. The van der Waals surface area contributed by atoms with Gasteiger partial charge in [-0.05, 0) is 47.1 Å². The van der Waals surface area contributed by atoms with E-state index in [-0.39, 0.29) is 10.8 Å².